The van der Waals surface area contributed by atoms with E-state index in [1.165, 1.54) is 0 Å². The van der Waals surface area contributed by atoms with Crippen LogP contribution in [0.5, 0.6) is 0 Å². The molecule has 6 nitrogen and oxygen atoms in total. The van der Waals surface area contributed by atoms with Gasteiger partial charge in [0.2, 0.25) is 5.91 Å². The molecule has 7 heteroatoms. The number of carbonyl (C=O) groups excluding carboxylic acids is 3. The molecule has 44 heavy (non-hydrogen) atoms. The molecule has 1 aliphatic rings. The number of rotatable bonds is 10. The number of allylic oxidation sites excluding steroid dienone is 1. The summed E-state index contributed by atoms with van der Waals surface area (Å²) in [4.78, 5) is 41.9. The predicted molar refractivity (Wildman–Crippen MR) is 172 cm³/mol. The first-order valence-electron chi connectivity index (χ1n) is 14.8. The van der Waals surface area contributed by atoms with E-state index in [4.69, 9.17) is 16.3 Å². The lowest BCUT2D eigenvalue weighted by molar-refractivity contribution is -0.140. The van der Waals surface area contributed by atoms with Gasteiger partial charge in [-0.15, -0.1) is 0 Å². The summed E-state index contributed by atoms with van der Waals surface area (Å²) < 4.78 is 5.41. The molecule has 224 valence electrons. The summed E-state index contributed by atoms with van der Waals surface area (Å²) in [6.07, 6.45) is 0.747. The molecule has 1 heterocycles. The molecular weight excluding hydrogens is 572 g/mol. The van der Waals surface area contributed by atoms with Crippen LogP contribution in [0, 0.1) is 0 Å². The summed E-state index contributed by atoms with van der Waals surface area (Å²) in [6, 6.07) is 34.2. The van der Waals surface area contributed by atoms with Crippen LogP contribution in [0.15, 0.2) is 120 Å². The van der Waals surface area contributed by atoms with Crippen LogP contribution >= 0.6 is 11.6 Å². The number of nitrogens with zero attached hydrogens (tertiary/aromatic N) is 1. The van der Waals surface area contributed by atoms with Gasteiger partial charge in [0.25, 0.3) is 5.91 Å². The molecule has 0 radical (unpaired) electrons. The van der Waals surface area contributed by atoms with Crippen LogP contribution in [0.1, 0.15) is 64.8 Å². The fourth-order valence-corrected chi connectivity index (χ4v) is 5.91. The molecule has 0 saturated heterocycles. The molecule has 1 aliphatic heterocycles. The molecule has 0 spiro atoms. The number of hydrogen-bond acceptors (Lipinski definition) is 4. The zero-order valence-corrected chi connectivity index (χ0v) is 25.6. The molecule has 0 saturated carbocycles. The lowest BCUT2D eigenvalue weighted by atomic mass is 9.83. The molecule has 1 N–H and O–H groups in total. The van der Waals surface area contributed by atoms with Crippen LogP contribution < -0.4 is 5.32 Å². The summed E-state index contributed by atoms with van der Waals surface area (Å²) in [5, 5.41) is 3.74. The highest BCUT2D eigenvalue weighted by Gasteiger charge is 2.37. The van der Waals surface area contributed by atoms with E-state index < -0.39 is 11.9 Å². The average molecular weight is 607 g/mol. The number of halogens is 1. The van der Waals surface area contributed by atoms with E-state index in [0.29, 0.717) is 28.3 Å². The maximum absolute atomic E-state index is 13.6. The van der Waals surface area contributed by atoms with Crippen molar-refractivity contribution in [1.29, 1.82) is 0 Å². The van der Waals surface area contributed by atoms with Crippen molar-refractivity contribution in [2.75, 3.05) is 6.61 Å². The average Bonchev–Trinajstić information content (AvgIpc) is 3.03. The van der Waals surface area contributed by atoms with Crippen LogP contribution in [0.3, 0.4) is 0 Å². The molecular formula is C37H35ClN2O4. The Labute approximate surface area is 263 Å². The van der Waals surface area contributed by atoms with Gasteiger partial charge in [0, 0.05) is 28.6 Å². The lowest BCUT2D eigenvalue weighted by Gasteiger charge is -2.34. The van der Waals surface area contributed by atoms with Gasteiger partial charge in [-0.3, -0.25) is 9.59 Å². The Morgan fingerprint density at radius 3 is 2.30 bits per heavy atom. The Bertz CT molecular complexity index is 1670. The maximum atomic E-state index is 13.6. The third kappa shape index (κ3) is 7.26. The fourth-order valence-electron chi connectivity index (χ4n) is 5.71. The molecule has 0 unspecified atom stereocenters. The van der Waals surface area contributed by atoms with Gasteiger partial charge < -0.3 is 15.0 Å². The largest absolute Gasteiger partial charge is 0.463 e. The number of hydrogen-bond donors (Lipinski definition) is 1. The van der Waals surface area contributed by atoms with Gasteiger partial charge in [-0.25, -0.2) is 4.79 Å². The monoisotopic (exact) mass is 606 g/mol. The van der Waals surface area contributed by atoms with E-state index in [0.717, 1.165) is 22.3 Å². The van der Waals surface area contributed by atoms with Gasteiger partial charge >= 0.3 is 5.97 Å². The Morgan fingerprint density at radius 1 is 0.909 bits per heavy atom. The second kappa shape index (κ2) is 14.2. The van der Waals surface area contributed by atoms with Crippen molar-refractivity contribution in [2.45, 2.75) is 45.2 Å². The highest BCUT2D eigenvalue weighted by Crippen LogP contribution is 2.38. The molecule has 0 aliphatic carbocycles. The molecule has 5 rings (SSSR count). The first-order chi connectivity index (χ1) is 21.3. The molecule has 4 aromatic carbocycles. The summed E-state index contributed by atoms with van der Waals surface area (Å²) in [6.45, 7) is 3.96. The number of benzene rings is 4. The van der Waals surface area contributed by atoms with Crippen molar-refractivity contribution in [3.63, 3.8) is 0 Å². The van der Waals surface area contributed by atoms with Crippen molar-refractivity contribution in [1.82, 2.24) is 10.2 Å². The Hall–Kier alpha value is -4.68. The molecule has 4 aromatic rings. The zero-order chi connectivity index (χ0) is 31.1. The van der Waals surface area contributed by atoms with Crippen LogP contribution in [0.25, 0.3) is 0 Å². The van der Waals surface area contributed by atoms with Gasteiger partial charge in [-0.1, -0.05) is 96.5 Å². The Kier molecular flexibility index (Phi) is 9.93. The van der Waals surface area contributed by atoms with Crippen LogP contribution in [-0.4, -0.2) is 29.3 Å². The third-order valence-corrected chi connectivity index (χ3v) is 8.12. The van der Waals surface area contributed by atoms with E-state index in [1.54, 1.807) is 43.0 Å². The maximum Gasteiger partial charge on any atom is 0.336 e. The van der Waals surface area contributed by atoms with Crippen molar-refractivity contribution in [3.05, 3.63) is 153 Å². The summed E-state index contributed by atoms with van der Waals surface area (Å²) in [7, 11) is 0. The zero-order valence-electron chi connectivity index (χ0n) is 24.8. The lowest BCUT2D eigenvalue weighted by Crippen LogP contribution is -2.38. The molecule has 0 fully saturated rings. The van der Waals surface area contributed by atoms with E-state index >= 15 is 0 Å². The highest BCUT2D eigenvalue weighted by atomic mass is 35.5. The number of nitrogens with one attached hydrogen (secondary N) is 1. The van der Waals surface area contributed by atoms with Gasteiger partial charge in [-0.05, 0) is 66.8 Å². The van der Waals surface area contributed by atoms with Crippen LogP contribution in [0.2, 0.25) is 5.02 Å². The molecule has 0 aromatic heterocycles. The Morgan fingerprint density at radius 2 is 1.59 bits per heavy atom. The quantitative estimate of drug-likeness (QED) is 0.191. The van der Waals surface area contributed by atoms with Crippen molar-refractivity contribution in [2.24, 2.45) is 0 Å². The van der Waals surface area contributed by atoms with Crippen molar-refractivity contribution >= 4 is 29.4 Å². The van der Waals surface area contributed by atoms with Gasteiger partial charge in [0.1, 0.15) is 0 Å². The number of carbonyl (C=O) groups is 3. The minimum Gasteiger partial charge on any atom is -0.463 e. The molecule has 0 bridgehead atoms. The highest BCUT2D eigenvalue weighted by molar-refractivity contribution is 6.30. The summed E-state index contributed by atoms with van der Waals surface area (Å²) in [5.41, 5.74) is 5.16. The number of ether oxygens (including phenoxy) is 1. The predicted octanol–water partition coefficient (Wildman–Crippen LogP) is 7.41. The smallest absolute Gasteiger partial charge is 0.336 e. The summed E-state index contributed by atoms with van der Waals surface area (Å²) >= 11 is 6.25. The van der Waals surface area contributed by atoms with Crippen molar-refractivity contribution < 1.29 is 19.1 Å². The normalized spacial score (nSPS) is 15.6. The van der Waals surface area contributed by atoms with Crippen LogP contribution in [0.4, 0.5) is 0 Å². The van der Waals surface area contributed by atoms with E-state index in [1.807, 2.05) is 72.8 Å². The third-order valence-electron chi connectivity index (χ3n) is 7.89. The first-order valence-corrected chi connectivity index (χ1v) is 15.1. The van der Waals surface area contributed by atoms with E-state index in [-0.39, 0.29) is 37.4 Å². The number of esters is 1. The topological polar surface area (TPSA) is 75.7 Å². The Balaban J connectivity index is 1.39. The first kappa shape index (κ1) is 30.8. The second-order valence-electron chi connectivity index (χ2n) is 10.8. The molecule has 2 atom stereocenters. The van der Waals surface area contributed by atoms with Crippen LogP contribution in [-0.2, 0) is 27.3 Å². The fraction of sp³-hybridized carbons (Fsp3) is 0.216. The van der Waals surface area contributed by atoms with Gasteiger partial charge in [0.15, 0.2) is 0 Å². The standard InChI is InChI=1S/C37H35ClN2O4/c1-3-44-37(43)35-25(2)40(34(41)23-32(35)29-17-11-19-31(38)22-29)24-27-14-10-18-30(20-27)36(42)39-33(28-15-8-5-9-16-28)21-26-12-6-4-7-13-26/h4-20,22,32-33H,3,21,23-24H2,1-2H3,(H,39,42)/t32-,33+/m1/s1. The minimum atomic E-state index is -0.465. The second-order valence-corrected chi connectivity index (χ2v) is 11.3. The number of amides is 2. The van der Waals surface area contributed by atoms with Gasteiger partial charge in [0.05, 0.1) is 24.8 Å². The molecule has 2 amide bonds. The van der Waals surface area contributed by atoms with Crippen molar-refractivity contribution in [3.8, 4) is 0 Å². The minimum absolute atomic E-state index is 0.101. The summed E-state index contributed by atoms with van der Waals surface area (Å²) in [5.74, 6) is -1.25. The van der Waals surface area contributed by atoms with E-state index in [2.05, 4.69) is 17.4 Å². The van der Waals surface area contributed by atoms with E-state index in [9.17, 15) is 14.4 Å². The SMILES string of the molecule is CCOC(=O)C1=C(C)N(Cc2cccc(C(=O)N[C@@H](Cc3ccccc3)c3ccccc3)c2)C(=O)C[C@@H]1c1cccc(Cl)c1. The van der Waals surface area contributed by atoms with Gasteiger partial charge in [-0.2, -0.15) is 0 Å².